The zero-order valence-corrected chi connectivity index (χ0v) is 38.4. The van der Waals surface area contributed by atoms with Crippen LogP contribution in [0.2, 0.25) is 0 Å². The van der Waals surface area contributed by atoms with Crippen molar-refractivity contribution in [3.63, 3.8) is 0 Å². The largest absolute Gasteiger partial charge is 0.454 e. The van der Waals surface area contributed by atoms with Gasteiger partial charge in [-0.1, -0.05) is 152 Å². The first-order valence-electron chi connectivity index (χ1n) is 24.0. The lowest BCUT2D eigenvalue weighted by Gasteiger charge is -2.15. The molecule has 5 heterocycles. The van der Waals surface area contributed by atoms with Crippen molar-refractivity contribution < 1.29 is 4.42 Å². The summed E-state index contributed by atoms with van der Waals surface area (Å²) < 4.78 is 14.0. The monoisotopic (exact) mass is 919 g/mol. The summed E-state index contributed by atoms with van der Waals surface area (Å²) in [7, 11) is 0. The van der Waals surface area contributed by atoms with E-state index in [0.29, 0.717) is 45.5 Å². The van der Waals surface area contributed by atoms with Gasteiger partial charge in [0.25, 0.3) is 0 Å². The Hall–Kier alpha value is -10.1. The van der Waals surface area contributed by atoms with Crippen LogP contribution in [-0.4, -0.2) is 28.7 Å². The highest BCUT2D eigenvalue weighted by molar-refractivity contribution is 6.22. The quantitative estimate of drug-likeness (QED) is 0.166. The smallest absolute Gasteiger partial charge is 0.164 e. The number of para-hydroxylation sites is 5. The molecule has 0 unspecified atom stereocenters. The summed E-state index contributed by atoms with van der Waals surface area (Å²) in [6, 6.07) is 80.3. The molecule has 0 saturated carbocycles. The molecule has 10 aromatic carbocycles. The van der Waals surface area contributed by atoms with Crippen LogP contribution in [0.3, 0.4) is 0 Å². The third-order valence-corrected chi connectivity index (χ3v) is 14.3. The standard InChI is InChI=1S/C64H37N7O/c65-38-41-34-51(64-67-62(39-18-4-1-5-19-39)66-63(68-64)40-20-6-2-7-21-40)59-47-27-13-17-31-58(47)72-61(59)60(41)71-55-33-32-43(70-52-28-14-10-24-44(52)45-25-11-15-29-53(45)70)35-48(55)50-36-49-46-26-12-16-30-54(46)69(56(49)37-57(50)71)42-22-8-3-9-23-42/h1-37H. The molecular weight excluding hydrogens is 883 g/mol. The number of nitriles is 1. The predicted molar refractivity (Wildman–Crippen MR) is 291 cm³/mol. The van der Waals surface area contributed by atoms with Crippen LogP contribution in [0, 0.1) is 11.3 Å². The Bertz CT molecular complexity index is 4640. The van der Waals surface area contributed by atoms with Gasteiger partial charge in [0.2, 0.25) is 0 Å². The molecule has 0 N–H and O–H groups in total. The molecule has 8 nitrogen and oxygen atoms in total. The molecule has 0 aliphatic heterocycles. The van der Waals surface area contributed by atoms with Crippen LogP contribution in [-0.2, 0) is 0 Å². The van der Waals surface area contributed by atoms with Gasteiger partial charge in [0.1, 0.15) is 17.3 Å². The second-order valence-corrected chi connectivity index (χ2v) is 18.3. The summed E-state index contributed by atoms with van der Waals surface area (Å²) in [6.07, 6.45) is 0. The first-order valence-corrected chi connectivity index (χ1v) is 24.0. The van der Waals surface area contributed by atoms with Crippen LogP contribution >= 0.6 is 0 Å². The molecule has 15 rings (SSSR count). The van der Waals surface area contributed by atoms with Crippen molar-refractivity contribution in [3.05, 3.63) is 230 Å². The lowest BCUT2D eigenvalue weighted by Crippen LogP contribution is -2.03. The van der Waals surface area contributed by atoms with E-state index >= 15 is 0 Å². The van der Waals surface area contributed by atoms with Gasteiger partial charge in [-0.05, 0) is 72.8 Å². The molecule has 0 amide bonds. The molecule has 5 aromatic heterocycles. The molecule has 15 aromatic rings. The Morgan fingerprint density at radius 3 is 1.46 bits per heavy atom. The molecule has 334 valence electrons. The number of fused-ring (bicyclic) bond motifs is 12. The first kappa shape index (κ1) is 39.9. The van der Waals surface area contributed by atoms with Crippen LogP contribution in [0.25, 0.3) is 139 Å². The minimum atomic E-state index is 0.411. The SMILES string of the molecule is N#Cc1cc(-c2nc(-c3ccccc3)nc(-c3ccccc3)n2)c2c(oc3ccccc32)c1-n1c2ccc(-n3c4ccccc4c4ccccc43)cc2c2cc3c4ccccc4n(-c4ccccc4)c3cc21. The van der Waals surface area contributed by atoms with Gasteiger partial charge in [-0.15, -0.1) is 0 Å². The highest BCUT2D eigenvalue weighted by Crippen LogP contribution is 2.46. The average Bonchev–Trinajstić information content (AvgIpc) is 4.19. The first-order chi connectivity index (χ1) is 35.7. The molecule has 0 aliphatic carbocycles. The maximum atomic E-state index is 11.6. The van der Waals surface area contributed by atoms with E-state index < -0.39 is 0 Å². The molecule has 0 fully saturated rings. The van der Waals surface area contributed by atoms with E-state index in [1.807, 2.05) is 84.9 Å². The van der Waals surface area contributed by atoms with Gasteiger partial charge in [0, 0.05) is 71.2 Å². The van der Waals surface area contributed by atoms with E-state index in [4.69, 9.17) is 19.4 Å². The number of rotatable bonds is 6. The van der Waals surface area contributed by atoms with E-state index in [9.17, 15) is 5.26 Å². The third kappa shape index (κ3) is 5.82. The number of nitrogens with zero attached hydrogens (tertiary/aromatic N) is 7. The number of hydrogen-bond donors (Lipinski definition) is 0. The molecule has 0 radical (unpaired) electrons. The number of benzene rings is 10. The molecule has 8 heteroatoms. The fraction of sp³-hybridized carbons (Fsp3) is 0. The molecule has 72 heavy (non-hydrogen) atoms. The van der Waals surface area contributed by atoms with Gasteiger partial charge < -0.3 is 18.1 Å². The Labute approximate surface area is 411 Å². The molecule has 0 bridgehead atoms. The normalized spacial score (nSPS) is 11.9. The highest BCUT2D eigenvalue weighted by atomic mass is 16.3. The highest BCUT2D eigenvalue weighted by Gasteiger charge is 2.28. The Morgan fingerprint density at radius 1 is 0.361 bits per heavy atom. The van der Waals surface area contributed by atoms with Gasteiger partial charge in [-0.25, -0.2) is 15.0 Å². The summed E-state index contributed by atoms with van der Waals surface area (Å²) in [6.45, 7) is 0. The predicted octanol–water partition coefficient (Wildman–Crippen LogP) is 15.9. The van der Waals surface area contributed by atoms with Gasteiger partial charge in [0.15, 0.2) is 23.1 Å². The fourth-order valence-corrected chi connectivity index (χ4v) is 11.2. The summed E-state index contributed by atoms with van der Waals surface area (Å²) >= 11 is 0. The van der Waals surface area contributed by atoms with E-state index in [0.717, 1.165) is 87.9 Å². The zero-order chi connectivity index (χ0) is 47.4. The van der Waals surface area contributed by atoms with Crippen molar-refractivity contribution in [1.29, 1.82) is 5.26 Å². The number of hydrogen-bond acceptors (Lipinski definition) is 5. The van der Waals surface area contributed by atoms with Crippen molar-refractivity contribution in [2.24, 2.45) is 0 Å². The fourth-order valence-electron chi connectivity index (χ4n) is 11.2. The Kier molecular flexibility index (Phi) is 8.55. The molecule has 0 atom stereocenters. The zero-order valence-electron chi connectivity index (χ0n) is 38.4. The summed E-state index contributed by atoms with van der Waals surface area (Å²) in [5.41, 5.74) is 13.1. The molecule has 0 spiro atoms. The van der Waals surface area contributed by atoms with Gasteiger partial charge in [0.05, 0.1) is 38.7 Å². The maximum absolute atomic E-state index is 11.6. The summed E-state index contributed by atoms with van der Waals surface area (Å²) in [5, 5.41) is 20.1. The topological polar surface area (TPSA) is 90.4 Å². The second kappa shape index (κ2) is 15.5. The van der Waals surface area contributed by atoms with Crippen molar-refractivity contribution >= 4 is 87.4 Å². The van der Waals surface area contributed by atoms with E-state index in [2.05, 4.69) is 159 Å². The van der Waals surface area contributed by atoms with E-state index in [1.165, 1.54) is 10.8 Å². The summed E-state index contributed by atoms with van der Waals surface area (Å²) in [4.78, 5) is 15.4. The van der Waals surface area contributed by atoms with E-state index in [1.54, 1.807) is 0 Å². The van der Waals surface area contributed by atoms with Crippen molar-refractivity contribution in [2.75, 3.05) is 0 Å². The molecular formula is C64H37N7O. The third-order valence-electron chi connectivity index (χ3n) is 14.3. The number of aromatic nitrogens is 6. The van der Waals surface area contributed by atoms with Crippen LogP contribution in [0.4, 0.5) is 0 Å². The van der Waals surface area contributed by atoms with Crippen LogP contribution in [0.1, 0.15) is 5.56 Å². The van der Waals surface area contributed by atoms with Crippen LogP contribution in [0.15, 0.2) is 229 Å². The van der Waals surface area contributed by atoms with E-state index in [-0.39, 0.29) is 0 Å². The Balaban J connectivity index is 1.08. The Morgan fingerprint density at radius 2 is 0.833 bits per heavy atom. The van der Waals surface area contributed by atoms with Gasteiger partial charge in [-0.2, -0.15) is 5.26 Å². The lowest BCUT2D eigenvalue weighted by molar-refractivity contribution is 0.666. The minimum absolute atomic E-state index is 0.411. The van der Waals surface area contributed by atoms with Crippen molar-refractivity contribution in [3.8, 4) is 57.3 Å². The van der Waals surface area contributed by atoms with Gasteiger partial charge >= 0.3 is 0 Å². The molecule has 0 aliphatic rings. The average molecular weight is 920 g/mol. The second-order valence-electron chi connectivity index (χ2n) is 18.3. The molecule has 0 saturated heterocycles. The van der Waals surface area contributed by atoms with Crippen LogP contribution in [0.5, 0.6) is 0 Å². The minimum Gasteiger partial charge on any atom is -0.454 e. The van der Waals surface area contributed by atoms with Crippen LogP contribution < -0.4 is 0 Å². The lowest BCUT2D eigenvalue weighted by atomic mass is 10.00. The maximum Gasteiger partial charge on any atom is 0.164 e. The number of furan rings is 1. The summed E-state index contributed by atoms with van der Waals surface area (Å²) in [5.74, 6) is 1.50. The van der Waals surface area contributed by atoms with Gasteiger partial charge in [-0.3, -0.25) is 0 Å². The van der Waals surface area contributed by atoms with Crippen molar-refractivity contribution in [2.45, 2.75) is 0 Å². The van der Waals surface area contributed by atoms with Crippen molar-refractivity contribution in [1.82, 2.24) is 28.7 Å².